The lowest BCUT2D eigenvalue weighted by Gasteiger charge is -2.10. The van der Waals surface area contributed by atoms with Crippen molar-refractivity contribution in [3.8, 4) is 6.07 Å². The lowest BCUT2D eigenvalue weighted by molar-refractivity contribution is -0.118. The molecule has 4 nitrogen and oxygen atoms in total. The molecule has 0 aliphatic heterocycles. The number of aromatic nitrogens is 1. The highest BCUT2D eigenvalue weighted by Crippen LogP contribution is 2.11. The van der Waals surface area contributed by atoms with Crippen molar-refractivity contribution < 1.29 is 4.79 Å². The second-order valence-corrected chi connectivity index (χ2v) is 4.58. The lowest BCUT2D eigenvalue weighted by atomic mass is 10.00. The third-order valence-electron chi connectivity index (χ3n) is 2.92. The first-order chi connectivity index (χ1) is 9.69. The van der Waals surface area contributed by atoms with Crippen LogP contribution in [0, 0.1) is 24.2 Å². The number of aryl methyl sites for hydroxylation is 1. The third-order valence-corrected chi connectivity index (χ3v) is 2.92. The minimum atomic E-state index is -0.722. The molecule has 1 aromatic heterocycles. The highest BCUT2D eigenvalue weighted by atomic mass is 16.1. The van der Waals surface area contributed by atoms with Crippen molar-refractivity contribution >= 4 is 11.7 Å². The first kappa shape index (κ1) is 13.8. The van der Waals surface area contributed by atoms with Crippen molar-refractivity contribution in [3.05, 3.63) is 59.8 Å². The smallest absolute Gasteiger partial charge is 0.243 e. The maximum atomic E-state index is 12.1. The van der Waals surface area contributed by atoms with Crippen molar-refractivity contribution in [2.45, 2.75) is 13.3 Å². The van der Waals surface area contributed by atoms with Crippen molar-refractivity contribution in [1.82, 2.24) is 4.98 Å². The molecule has 100 valence electrons. The van der Waals surface area contributed by atoms with Gasteiger partial charge in [-0.3, -0.25) is 4.79 Å². The number of nitrogens with zero attached hydrogens (tertiary/aromatic N) is 2. The number of anilines is 1. The number of benzene rings is 1. The average Bonchev–Trinajstić information content (AvgIpc) is 2.48. The van der Waals surface area contributed by atoms with E-state index in [9.17, 15) is 4.79 Å². The molecule has 1 atom stereocenters. The van der Waals surface area contributed by atoms with Gasteiger partial charge in [0.1, 0.15) is 11.7 Å². The summed E-state index contributed by atoms with van der Waals surface area (Å²) in [6, 6.07) is 15.1. The first-order valence-electron chi connectivity index (χ1n) is 6.36. The minimum absolute atomic E-state index is 0.326. The molecule has 1 amide bonds. The molecule has 0 fully saturated rings. The molecule has 1 N–H and O–H groups in total. The summed E-state index contributed by atoms with van der Waals surface area (Å²) in [7, 11) is 0. The van der Waals surface area contributed by atoms with E-state index in [2.05, 4.69) is 10.3 Å². The van der Waals surface area contributed by atoms with Gasteiger partial charge in [0.15, 0.2) is 0 Å². The Morgan fingerprint density at radius 2 is 2.05 bits per heavy atom. The standard InChI is InChI=1S/C16H15N3O/c1-12-7-8-15(18-11-12)19-16(20)14(10-17)9-13-5-3-2-4-6-13/h2-8,11,14H,9H2,1H3,(H,18,19,20). The van der Waals surface area contributed by atoms with E-state index in [4.69, 9.17) is 5.26 Å². The van der Waals surface area contributed by atoms with E-state index in [1.165, 1.54) is 0 Å². The fraction of sp³-hybridized carbons (Fsp3) is 0.188. The molecule has 0 aliphatic carbocycles. The lowest BCUT2D eigenvalue weighted by Crippen LogP contribution is -2.23. The molecule has 1 unspecified atom stereocenters. The Bertz CT molecular complexity index is 614. The fourth-order valence-corrected chi connectivity index (χ4v) is 1.80. The largest absolute Gasteiger partial charge is 0.310 e. The van der Waals surface area contributed by atoms with E-state index in [-0.39, 0.29) is 5.91 Å². The normalized spacial score (nSPS) is 11.4. The first-order valence-corrected chi connectivity index (χ1v) is 6.36. The summed E-state index contributed by atoms with van der Waals surface area (Å²) in [4.78, 5) is 16.2. The number of rotatable bonds is 4. The van der Waals surface area contributed by atoms with E-state index < -0.39 is 5.92 Å². The Balaban J connectivity index is 2.03. The quantitative estimate of drug-likeness (QED) is 0.924. The number of nitrogens with one attached hydrogen (secondary N) is 1. The maximum absolute atomic E-state index is 12.1. The molecule has 1 aromatic carbocycles. The number of hydrogen-bond acceptors (Lipinski definition) is 3. The molecule has 1 heterocycles. The summed E-state index contributed by atoms with van der Waals surface area (Å²) in [5.41, 5.74) is 1.98. The Kier molecular flexibility index (Phi) is 4.46. The van der Waals surface area contributed by atoms with Crippen LogP contribution in [-0.4, -0.2) is 10.9 Å². The predicted molar refractivity (Wildman–Crippen MR) is 76.9 cm³/mol. The van der Waals surface area contributed by atoms with Crippen LogP contribution >= 0.6 is 0 Å². The van der Waals surface area contributed by atoms with Gasteiger partial charge in [-0.05, 0) is 30.5 Å². The number of pyridine rings is 1. The second kappa shape index (κ2) is 6.48. The molecule has 0 saturated carbocycles. The van der Waals surface area contributed by atoms with Crippen molar-refractivity contribution in [1.29, 1.82) is 5.26 Å². The van der Waals surface area contributed by atoms with Crippen molar-refractivity contribution in [3.63, 3.8) is 0 Å². The zero-order valence-corrected chi connectivity index (χ0v) is 11.2. The summed E-state index contributed by atoms with van der Waals surface area (Å²) in [6.45, 7) is 1.92. The maximum Gasteiger partial charge on any atom is 0.243 e. The van der Waals surface area contributed by atoms with Crippen LogP contribution in [0.4, 0.5) is 5.82 Å². The predicted octanol–water partition coefficient (Wildman–Crippen LogP) is 2.71. The summed E-state index contributed by atoms with van der Waals surface area (Å²) in [5.74, 6) is -0.581. The van der Waals surface area contributed by atoms with Crippen LogP contribution in [0.5, 0.6) is 0 Å². The van der Waals surface area contributed by atoms with Gasteiger partial charge in [-0.1, -0.05) is 36.4 Å². The Morgan fingerprint density at radius 1 is 1.30 bits per heavy atom. The van der Waals surface area contributed by atoms with Gasteiger partial charge in [0.2, 0.25) is 5.91 Å². The monoisotopic (exact) mass is 265 g/mol. The topological polar surface area (TPSA) is 65.8 Å². The molecular weight excluding hydrogens is 250 g/mol. The summed E-state index contributed by atoms with van der Waals surface area (Å²) in [5, 5.41) is 11.8. The summed E-state index contributed by atoms with van der Waals surface area (Å²) < 4.78 is 0. The number of amides is 1. The van der Waals surface area contributed by atoms with Gasteiger partial charge < -0.3 is 5.32 Å². The fourth-order valence-electron chi connectivity index (χ4n) is 1.80. The van der Waals surface area contributed by atoms with E-state index in [0.29, 0.717) is 12.2 Å². The van der Waals surface area contributed by atoms with Crippen LogP contribution in [0.2, 0.25) is 0 Å². The van der Waals surface area contributed by atoms with Crippen LogP contribution in [0.25, 0.3) is 0 Å². The van der Waals surface area contributed by atoms with Gasteiger partial charge in [0.05, 0.1) is 6.07 Å². The van der Waals surface area contributed by atoms with Crippen LogP contribution < -0.4 is 5.32 Å². The number of carbonyl (C=O) groups excluding carboxylic acids is 1. The SMILES string of the molecule is Cc1ccc(NC(=O)C(C#N)Cc2ccccc2)nc1. The van der Waals surface area contributed by atoms with Crippen LogP contribution in [-0.2, 0) is 11.2 Å². The number of nitriles is 1. The van der Waals surface area contributed by atoms with Crippen LogP contribution in [0.15, 0.2) is 48.7 Å². The van der Waals surface area contributed by atoms with Crippen molar-refractivity contribution in [2.24, 2.45) is 5.92 Å². The van der Waals surface area contributed by atoms with Crippen molar-refractivity contribution in [2.75, 3.05) is 5.32 Å². The molecule has 0 aliphatic rings. The van der Waals surface area contributed by atoms with Crippen LogP contribution in [0.3, 0.4) is 0 Å². The van der Waals surface area contributed by atoms with Gasteiger partial charge in [0, 0.05) is 6.20 Å². The number of hydrogen-bond donors (Lipinski definition) is 1. The van der Waals surface area contributed by atoms with Gasteiger partial charge >= 0.3 is 0 Å². The third kappa shape index (κ3) is 3.66. The van der Waals surface area contributed by atoms with Gasteiger partial charge in [-0.25, -0.2) is 4.98 Å². The minimum Gasteiger partial charge on any atom is -0.310 e. The molecule has 2 aromatic rings. The highest BCUT2D eigenvalue weighted by Gasteiger charge is 2.18. The zero-order chi connectivity index (χ0) is 14.4. The van der Waals surface area contributed by atoms with E-state index >= 15 is 0 Å². The van der Waals surface area contributed by atoms with E-state index in [0.717, 1.165) is 11.1 Å². The molecule has 0 bridgehead atoms. The van der Waals surface area contributed by atoms with Gasteiger partial charge in [-0.2, -0.15) is 5.26 Å². The molecule has 2 rings (SSSR count). The van der Waals surface area contributed by atoms with Crippen LogP contribution in [0.1, 0.15) is 11.1 Å². The Labute approximate surface area is 118 Å². The van der Waals surface area contributed by atoms with Gasteiger partial charge in [-0.15, -0.1) is 0 Å². The molecule has 0 saturated heterocycles. The highest BCUT2D eigenvalue weighted by molar-refractivity contribution is 5.93. The molecule has 4 heteroatoms. The van der Waals surface area contributed by atoms with E-state index in [1.807, 2.05) is 49.4 Å². The second-order valence-electron chi connectivity index (χ2n) is 4.58. The molecular formula is C16H15N3O. The Morgan fingerprint density at radius 3 is 2.65 bits per heavy atom. The molecule has 20 heavy (non-hydrogen) atoms. The molecule has 0 radical (unpaired) electrons. The summed E-state index contributed by atoms with van der Waals surface area (Å²) in [6.07, 6.45) is 2.07. The average molecular weight is 265 g/mol. The zero-order valence-electron chi connectivity index (χ0n) is 11.2. The van der Waals surface area contributed by atoms with E-state index in [1.54, 1.807) is 12.3 Å². The summed E-state index contributed by atoms with van der Waals surface area (Å²) >= 11 is 0. The molecule has 0 spiro atoms. The van der Waals surface area contributed by atoms with Gasteiger partial charge in [0.25, 0.3) is 0 Å². The Hall–Kier alpha value is -2.67. The number of carbonyl (C=O) groups is 1.